The number of nitrogen functional groups attached to an aromatic ring is 1. The van der Waals surface area contributed by atoms with Gasteiger partial charge in [-0.15, -0.1) is 0 Å². The predicted octanol–water partition coefficient (Wildman–Crippen LogP) is 3.12. The lowest BCUT2D eigenvalue weighted by Crippen LogP contribution is -2.20. The topological polar surface area (TPSA) is 90.7 Å². The first-order valence-corrected chi connectivity index (χ1v) is 7.62. The normalized spacial score (nSPS) is 10.1. The van der Waals surface area contributed by atoms with Gasteiger partial charge in [-0.1, -0.05) is 11.6 Å². The number of hydrogen-bond donors (Lipinski definition) is 2. The summed E-state index contributed by atoms with van der Waals surface area (Å²) in [6.07, 6.45) is 0. The molecular weight excluding hydrogens is 332 g/mol. The van der Waals surface area contributed by atoms with Crippen molar-refractivity contribution >= 4 is 34.9 Å². The van der Waals surface area contributed by atoms with Gasteiger partial charge in [0, 0.05) is 10.7 Å². The van der Waals surface area contributed by atoms with E-state index in [0.717, 1.165) is 0 Å². The van der Waals surface area contributed by atoms with Crippen molar-refractivity contribution in [2.24, 2.45) is 0 Å². The third-order valence-corrected chi connectivity index (χ3v) is 3.26. The molecule has 0 fully saturated rings. The average Bonchev–Trinajstić information content (AvgIpc) is 2.56. The highest BCUT2D eigenvalue weighted by Crippen LogP contribution is 2.23. The van der Waals surface area contributed by atoms with Gasteiger partial charge in [-0.05, 0) is 49.4 Å². The largest absolute Gasteiger partial charge is 0.482 e. The van der Waals surface area contributed by atoms with Gasteiger partial charge in [0.25, 0.3) is 5.91 Å². The van der Waals surface area contributed by atoms with Crippen LogP contribution in [-0.4, -0.2) is 25.1 Å². The molecule has 1 amide bonds. The van der Waals surface area contributed by atoms with E-state index in [1.54, 1.807) is 31.2 Å². The van der Waals surface area contributed by atoms with Crippen molar-refractivity contribution in [3.05, 3.63) is 53.1 Å². The molecule has 24 heavy (non-hydrogen) atoms. The number of anilines is 2. The Morgan fingerprint density at radius 3 is 2.54 bits per heavy atom. The summed E-state index contributed by atoms with van der Waals surface area (Å²) in [7, 11) is 0. The summed E-state index contributed by atoms with van der Waals surface area (Å²) < 4.78 is 10.3. The number of nitrogens with one attached hydrogen (secondary N) is 1. The Labute approximate surface area is 144 Å². The minimum atomic E-state index is -0.479. The number of ether oxygens (including phenoxy) is 2. The Morgan fingerprint density at radius 1 is 1.17 bits per heavy atom. The number of halogens is 1. The first-order valence-electron chi connectivity index (χ1n) is 7.24. The standard InChI is InChI=1S/C17H17ClN2O4/c1-2-23-17(22)11-3-8-14(19)15(9-11)24-10-16(21)20-13-6-4-12(18)5-7-13/h3-9H,2,10,19H2,1H3,(H,20,21). The van der Waals surface area contributed by atoms with Crippen LogP contribution in [0.3, 0.4) is 0 Å². The number of carbonyl (C=O) groups excluding carboxylic acids is 2. The van der Waals surface area contributed by atoms with Crippen LogP contribution in [0, 0.1) is 0 Å². The highest BCUT2D eigenvalue weighted by Gasteiger charge is 2.11. The van der Waals surface area contributed by atoms with Crippen LogP contribution in [0.15, 0.2) is 42.5 Å². The predicted molar refractivity (Wildman–Crippen MR) is 92.4 cm³/mol. The van der Waals surface area contributed by atoms with E-state index in [9.17, 15) is 9.59 Å². The maximum atomic E-state index is 11.9. The van der Waals surface area contributed by atoms with Crippen LogP contribution in [-0.2, 0) is 9.53 Å². The second kappa shape index (κ2) is 8.21. The number of esters is 1. The summed E-state index contributed by atoms with van der Waals surface area (Å²) in [5.41, 5.74) is 7.02. The zero-order chi connectivity index (χ0) is 17.5. The fourth-order valence-electron chi connectivity index (χ4n) is 1.87. The number of carbonyl (C=O) groups is 2. The third kappa shape index (κ3) is 4.89. The molecule has 0 aromatic heterocycles. The van der Waals surface area contributed by atoms with E-state index in [1.165, 1.54) is 18.2 Å². The Bertz CT molecular complexity index is 732. The molecule has 0 unspecified atom stereocenters. The number of benzene rings is 2. The summed E-state index contributed by atoms with van der Waals surface area (Å²) >= 11 is 5.78. The summed E-state index contributed by atoms with van der Waals surface area (Å²) in [5, 5.41) is 3.24. The number of nitrogens with two attached hydrogens (primary N) is 1. The van der Waals surface area contributed by atoms with Gasteiger partial charge in [-0.25, -0.2) is 4.79 Å². The minimum absolute atomic E-state index is 0.242. The number of hydrogen-bond acceptors (Lipinski definition) is 5. The van der Waals surface area contributed by atoms with Crippen LogP contribution in [0.1, 0.15) is 17.3 Å². The van der Waals surface area contributed by atoms with Crippen molar-refractivity contribution in [3.8, 4) is 5.75 Å². The van der Waals surface area contributed by atoms with Gasteiger partial charge in [-0.2, -0.15) is 0 Å². The molecule has 2 aromatic carbocycles. The van der Waals surface area contributed by atoms with Crippen LogP contribution in [0.2, 0.25) is 5.02 Å². The molecule has 6 nitrogen and oxygen atoms in total. The molecule has 0 atom stereocenters. The van der Waals surface area contributed by atoms with Crippen molar-refractivity contribution in [2.75, 3.05) is 24.3 Å². The number of rotatable bonds is 6. The van der Waals surface area contributed by atoms with E-state index >= 15 is 0 Å². The van der Waals surface area contributed by atoms with Crippen LogP contribution in [0.5, 0.6) is 5.75 Å². The van der Waals surface area contributed by atoms with Crippen LogP contribution >= 0.6 is 11.6 Å². The van der Waals surface area contributed by atoms with E-state index in [0.29, 0.717) is 22.0 Å². The van der Waals surface area contributed by atoms with E-state index in [1.807, 2.05) is 0 Å². The molecule has 0 aliphatic carbocycles. The monoisotopic (exact) mass is 348 g/mol. The Hall–Kier alpha value is -2.73. The lowest BCUT2D eigenvalue weighted by Gasteiger charge is -2.11. The SMILES string of the molecule is CCOC(=O)c1ccc(N)c(OCC(=O)Nc2ccc(Cl)cc2)c1. The molecule has 2 aromatic rings. The maximum Gasteiger partial charge on any atom is 0.338 e. The second-order valence-electron chi connectivity index (χ2n) is 4.82. The molecule has 0 saturated heterocycles. The lowest BCUT2D eigenvalue weighted by atomic mass is 10.2. The zero-order valence-electron chi connectivity index (χ0n) is 13.0. The molecule has 0 aliphatic heterocycles. The van der Waals surface area contributed by atoms with Crippen LogP contribution in [0.25, 0.3) is 0 Å². The molecule has 0 heterocycles. The van der Waals surface area contributed by atoms with Gasteiger partial charge in [0.15, 0.2) is 6.61 Å². The molecule has 3 N–H and O–H groups in total. The highest BCUT2D eigenvalue weighted by molar-refractivity contribution is 6.30. The van der Waals surface area contributed by atoms with Crippen molar-refractivity contribution < 1.29 is 19.1 Å². The fraction of sp³-hybridized carbons (Fsp3) is 0.176. The first-order chi connectivity index (χ1) is 11.5. The van der Waals surface area contributed by atoms with Crippen LogP contribution < -0.4 is 15.8 Å². The average molecular weight is 349 g/mol. The molecule has 0 aliphatic rings. The molecule has 2 rings (SSSR count). The third-order valence-electron chi connectivity index (χ3n) is 3.01. The molecule has 126 valence electrons. The van der Waals surface area contributed by atoms with E-state index < -0.39 is 5.97 Å². The van der Waals surface area contributed by atoms with Crippen LogP contribution in [0.4, 0.5) is 11.4 Å². The van der Waals surface area contributed by atoms with Gasteiger partial charge in [0.05, 0.1) is 17.9 Å². The summed E-state index contributed by atoms with van der Waals surface area (Å²) in [5.74, 6) is -0.599. The summed E-state index contributed by atoms with van der Waals surface area (Å²) in [4.78, 5) is 23.6. The van der Waals surface area contributed by atoms with Crippen molar-refractivity contribution in [1.82, 2.24) is 0 Å². The van der Waals surface area contributed by atoms with Gasteiger partial charge < -0.3 is 20.5 Å². The maximum absolute atomic E-state index is 11.9. The Morgan fingerprint density at radius 2 is 1.88 bits per heavy atom. The fourth-order valence-corrected chi connectivity index (χ4v) is 2.00. The van der Waals surface area contributed by atoms with Crippen molar-refractivity contribution in [2.45, 2.75) is 6.92 Å². The molecular formula is C17H17ClN2O4. The number of amides is 1. The quantitative estimate of drug-likeness (QED) is 0.618. The molecule has 0 radical (unpaired) electrons. The second-order valence-corrected chi connectivity index (χ2v) is 5.25. The summed E-state index contributed by atoms with van der Waals surface area (Å²) in [6.45, 7) is 1.73. The van der Waals surface area contributed by atoms with Gasteiger partial charge >= 0.3 is 5.97 Å². The minimum Gasteiger partial charge on any atom is -0.482 e. The Balaban J connectivity index is 1.97. The highest BCUT2D eigenvalue weighted by atomic mass is 35.5. The van der Waals surface area contributed by atoms with Gasteiger partial charge in [-0.3, -0.25) is 4.79 Å². The molecule has 0 bridgehead atoms. The molecule has 0 spiro atoms. The van der Waals surface area contributed by atoms with Crippen molar-refractivity contribution in [3.63, 3.8) is 0 Å². The van der Waals surface area contributed by atoms with Gasteiger partial charge in [0.1, 0.15) is 5.75 Å². The smallest absolute Gasteiger partial charge is 0.338 e. The summed E-state index contributed by atoms with van der Waals surface area (Å²) in [6, 6.07) is 11.2. The van der Waals surface area contributed by atoms with Crippen molar-refractivity contribution in [1.29, 1.82) is 0 Å². The molecule has 0 saturated carbocycles. The lowest BCUT2D eigenvalue weighted by molar-refractivity contribution is -0.118. The van der Waals surface area contributed by atoms with E-state index in [-0.39, 0.29) is 24.9 Å². The van der Waals surface area contributed by atoms with E-state index in [2.05, 4.69) is 5.32 Å². The van der Waals surface area contributed by atoms with E-state index in [4.69, 9.17) is 26.8 Å². The first kappa shape index (κ1) is 17.6. The zero-order valence-corrected chi connectivity index (χ0v) is 13.8. The Kier molecular flexibility index (Phi) is 6.03. The van der Waals surface area contributed by atoms with Gasteiger partial charge in [0.2, 0.25) is 0 Å². The molecule has 7 heteroatoms.